The van der Waals surface area contributed by atoms with Crippen LogP contribution < -0.4 is 5.32 Å². The quantitative estimate of drug-likeness (QED) is 0.629. The van der Waals surface area contributed by atoms with Gasteiger partial charge in [0.05, 0.1) is 11.5 Å². The number of nitro groups is 1. The summed E-state index contributed by atoms with van der Waals surface area (Å²) in [6, 6.07) is 10.2. The van der Waals surface area contributed by atoms with E-state index in [1.807, 2.05) is 6.07 Å². The van der Waals surface area contributed by atoms with E-state index in [4.69, 9.17) is 4.74 Å². The highest BCUT2D eigenvalue weighted by Crippen LogP contribution is 2.23. The number of rotatable bonds is 6. The van der Waals surface area contributed by atoms with Crippen LogP contribution in [-0.2, 0) is 4.74 Å². The van der Waals surface area contributed by atoms with Crippen molar-refractivity contribution in [2.24, 2.45) is 0 Å². The molecule has 0 aliphatic carbocycles. The smallest absolute Gasteiger partial charge is 0.290 e. The van der Waals surface area contributed by atoms with E-state index >= 15 is 0 Å². The minimum atomic E-state index is -0.710. The lowest BCUT2D eigenvalue weighted by atomic mass is 10.1. The maximum absolute atomic E-state index is 10.8. The molecule has 1 aromatic heterocycles. The molecule has 0 radical (unpaired) electrons. The van der Waals surface area contributed by atoms with Crippen molar-refractivity contribution >= 4 is 17.2 Å². The van der Waals surface area contributed by atoms with Crippen LogP contribution in [0.1, 0.15) is 17.4 Å². The number of aliphatic hydroxyl groups excluding tert-OH is 1. The maximum Gasteiger partial charge on any atom is 0.290 e. The van der Waals surface area contributed by atoms with Crippen molar-refractivity contribution in [3.05, 3.63) is 57.8 Å². The van der Waals surface area contributed by atoms with Gasteiger partial charge < -0.3 is 15.2 Å². The number of nitrogens with zero attached hydrogens (tertiary/aromatic N) is 2. The third-order valence-electron chi connectivity index (χ3n) is 3.12. The molecule has 0 amide bonds. The highest BCUT2D eigenvalue weighted by atomic mass is 16.6. The molecule has 1 heterocycles. The molecule has 0 aliphatic heterocycles. The molecule has 0 unspecified atom stereocenters. The lowest BCUT2D eigenvalue weighted by Crippen LogP contribution is -2.05. The average molecular weight is 303 g/mol. The monoisotopic (exact) mass is 303 g/mol. The van der Waals surface area contributed by atoms with Crippen LogP contribution in [0.4, 0.5) is 17.2 Å². The van der Waals surface area contributed by atoms with Crippen LogP contribution in [0.25, 0.3) is 0 Å². The van der Waals surface area contributed by atoms with Gasteiger partial charge in [0.15, 0.2) is 0 Å². The first-order chi connectivity index (χ1) is 10.5. The van der Waals surface area contributed by atoms with Crippen LogP contribution >= 0.6 is 0 Å². The molecule has 116 valence electrons. The molecule has 1 atom stereocenters. The number of aliphatic hydroxyl groups is 1. The van der Waals surface area contributed by atoms with E-state index in [9.17, 15) is 15.2 Å². The van der Waals surface area contributed by atoms with E-state index in [1.54, 1.807) is 31.2 Å². The summed E-state index contributed by atoms with van der Waals surface area (Å²) in [7, 11) is 1.52. The lowest BCUT2D eigenvalue weighted by Gasteiger charge is -2.12. The van der Waals surface area contributed by atoms with Crippen LogP contribution in [0.2, 0.25) is 0 Å². The first kappa shape index (κ1) is 15.9. The summed E-state index contributed by atoms with van der Waals surface area (Å²) >= 11 is 0. The average Bonchev–Trinajstić information content (AvgIpc) is 2.47. The summed E-state index contributed by atoms with van der Waals surface area (Å²) in [6.45, 7) is 1.79. The van der Waals surface area contributed by atoms with Gasteiger partial charge in [-0.2, -0.15) is 0 Å². The molecular formula is C15H17N3O4. The standard InChI is InChI=1S/C15H17N3O4/c1-10-13(18(20)21)6-7-15(16-10)17-12-5-3-4-11(8-12)14(19)9-22-2/h3-8,14,19H,9H2,1-2H3,(H,16,17)/t14-/m0/s1. The third kappa shape index (κ3) is 3.78. The fourth-order valence-electron chi connectivity index (χ4n) is 2.04. The second-order valence-corrected chi connectivity index (χ2v) is 4.78. The Morgan fingerprint density at radius 2 is 2.18 bits per heavy atom. The molecule has 0 aliphatic rings. The Balaban J connectivity index is 2.19. The van der Waals surface area contributed by atoms with Crippen molar-refractivity contribution in [3.63, 3.8) is 0 Å². The van der Waals surface area contributed by atoms with Crippen molar-refractivity contribution < 1.29 is 14.8 Å². The minimum absolute atomic E-state index is 0.0187. The summed E-state index contributed by atoms with van der Waals surface area (Å²) in [4.78, 5) is 14.5. The number of methoxy groups -OCH3 is 1. The molecule has 0 saturated heterocycles. The first-order valence-electron chi connectivity index (χ1n) is 6.67. The van der Waals surface area contributed by atoms with Gasteiger partial charge in [-0.15, -0.1) is 0 Å². The molecule has 22 heavy (non-hydrogen) atoms. The van der Waals surface area contributed by atoms with E-state index in [2.05, 4.69) is 10.3 Å². The highest BCUT2D eigenvalue weighted by Gasteiger charge is 2.12. The number of ether oxygens (including phenoxy) is 1. The zero-order chi connectivity index (χ0) is 16.1. The molecule has 0 spiro atoms. The van der Waals surface area contributed by atoms with Gasteiger partial charge in [0, 0.05) is 18.9 Å². The van der Waals surface area contributed by atoms with Crippen LogP contribution in [0, 0.1) is 17.0 Å². The molecule has 2 rings (SSSR count). The van der Waals surface area contributed by atoms with Gasteiger partial charge in [-0.1, -0.05) is 12.1 Å². The molecule has 0 fully saturated rings. The Morgan fingerprint density at radius 3 is 2.82 bits per heavy atom. The second kappa shape index (κ2) is 6.97. The van der Waals surface area contributed by atoms with E-state index in [1.165, 1.54) is 13.2 Å². The van der Waals surface area contributed by atoms with Crippen molar-refractivity contribution in [2.45, 2.75) is 13.0 Å². The van der Waals surface area contributed by atoms with Gasteiger partial charge in [-0.3, -0.25) is 10.1 Å². The van der Waals surface area contributed by atoms with E-state index < -0.39 is 11.0 Å². The Morgan fingerprint density at radius 1 is 1.41 bits per heavy atom. The predicted molar refractivity (Wildman–Crippen MR) is 82.2 cm³/mol. The summed E-state index contributed by atoms with van der Waals surface area (Å²) in [5, 5.41) is 23.7. The Bertz CT molecular complexity index is 676. The third-order valence-corrected chi connectivity index (χ3v) is 3.12. The molecular weight excluding hydrogens is 286 g/mol. The largest absolute Gasteiger partial charge is 0.386 e. The number of anilines is 2. The predicted octanol–water partition coefficient (Wildman–Crippen LogP) is 2.72. The summed E-state index contributed by atoms with van der Waals surface area (Å²) in [5.74, 6) is 0.501. The number of benzene rings is 1. The zero-order valence-electron chi connectivity index (χ0n) is 12.3. The van der Waals surface area contributed by atoms with Crippen LogP contribution in [-0.4, -0.2) is 28.7 Å². The number of nitrogens with one attached hydrogen (secondary N) is 1. The van der Waals surface area contributed by atoms with Crippen molar-refractivity contribution in [2.75, 3.05) is 19.0 Å². The first-order valence-corrected chi connectivity index (χ1v) is 6.67. The van der Waals surface area contributed by atoms with Gasteiger partial charge in [-0.25, -0.2) is 4.98 Å². The lowest BCUT2D eigenvalue weighted by molar-refractivity contribution is -0.385. The van der Waals surface area contributed by atoms with E-state index in [0.717, 1.165) is 5.69 Å². The van der Waals surface area contributed by atoms with Crippen molar-refractivity contribution in [1.82, 2.24) is 4.98 Å². The number of pyridine rings is 1. The summed E-state index contributed by atoms with van der Waals surface area (Å²) in [5.41, 5.74) is 1.76. The molecule has 0 saturated carbocycles. The Kier molecular flexibility index (Phi) is 5.03. The van der Waals surface area contributed by atoms with Gasteiger partial charge in [-0.05, 0) is 30.7 Å². The fourth-order valence-corrected chi connectivity index (χ4v) is 2.04. The number of aryl methyl sites for hydroxylation is 1. The van der Waals surface area contributed by atoms with Gasteiger partial charge in [0.2, 0.25) is 0 Å². The van der Waals surface area contributed by atoms with E-state index in [0.29, 0.717) is 17.1 Å². The Labute approximate surface area is 127 Å². The van der Waals surface area contributed by atoms with Gasteiger partial charge in [0.25, 0.3) is 5.69 Å². The second-order valence-electron chi connectivity index (χ2n) is 4.78. The molecule has 7 nitrogen and oxygen atoms in total. The SMILES string of the molecule is COC[C@H](O)c1cccc(Nc2ccc([N+](=O)[O-])c(C)n2)c1. The number of hydrogen-bond donors (Lipinski definition) is 2. The molecule has 0 bridgehead atoms. The molecule has 2 aromatic rings. The Hall–Kier alpha value is -2.51. The van der Waals surface area contributed by atoms with Gasteiger partial charge in [0.1, 0.15) is 17.6 Å². The van der Waals surface area contributed by atoms with Crippen LogP contribution in [0.5, 0.6) is 0 Å². The topological polar surface area (TPSA) is 97.5 Å². The number of hydrogen-bond acceptors (Lipinski definition) is 6. The van der Waals surface area contributed by atoms with Gasteiger partial charge >= 0.3 is 0 Å². The normalized spacial score (nSPS) is 12.0. The maximum atomic E-state index is 10.8. The van der Waals surface area contributed by atoms with Crippen LogP contribution in [0.3, 0.4) is 0 Å². The summed E-state index contributed by atoms with van der Waals surface area (Å²) < 4.78 is 4.92. The fraction of sp³-hybridized carbons (Fsp3) is 0.267. The molecule has 1 aromatic carbocycles. The molecule has 7 heteroatoms. The highest BCUT2D eigenvalue weighted by molar-refractivity contribution is 5.58. The number of aromatic nitrogens is 1. The van der Waals surface area contributed by atoms with E-state index in [-0.39, 0.29) is 12.3 Å². The zero-order valence-corrected chi connectivity index (χ0v) is 12.3. The minimum Gasteiger partial charge on any atom is -0.386 e. The molecule has 2 N–H and O–H groups in total. The van der Waals surface area contributed by atoms with Crippen molar-refractivity contribution in [3.8, 4) is 0 Å². The summed E-state index contributed by atoms with van der Waals surface area (Å²) in [6.07, 6.45) is -0.710. The van der Waals surface area contributed by atoms with Crippen molar-refractivity contribution in [1.29, 1.82) is 0 Å². The van der Waals surface area contributed by atoms with Crippen LogP contribution in [0.15, 0.2) is 36.4 Å².